The van der Waals surface area contributed by atoms with Gasteiger partial charge in [0.05, 0.1) is 0 Å². The summed E-state index contributed by atoms with van der Waals surface area (Å²) in [5.74, 6) is 0. The molecule has 0 aromatic carbocycles. The Morgan fingerprint density at radius 2 is 1.88 bits per heavy atom. The standard InChI is InChI=1S/C5H4INO/c6-5-1-3-7(8)4-2-5/h1-4H. The van der Waals surface area contributed by atoms with E-state index in [1.54, 1.807) is 12.1 Å². The molecule has 1 rings (SSSR count). The highest BCUT2D eigenvalue weighted by atomic mass is 127. The molecule has 0 unspecified atom stereocenters. The summed E-state index contributed by atoms with van der Waals surface area (Å²) in [4.78, 5) is 0. The molecule has 42 valence electrons. The van der Waals surface area contributed by atoms with Gasteiger partial charge in [0.2, 0.25) is 0 Å². The molecule has 0 aliphatic rings. The molecular formula is C5H4INO. The normalized spacial score (nSPS) is 9.12. The van der Waals surface area contributed by atoms with Crippen LogP contribution in [0.5, 0.6) is 0 Å². The van der Waals surface area contributed by atoms with E-state index in [0.29, 0.717) is 0 Å². The monoisotopic (exact) mass is 221 g/mol. The van der Waals surface area contributed by atoms with Crippen LogP contribution in [0, 0.1) is 8.78 Å². The Kier molecular flexibility index (Phi) is 1.67. The van der Waals surface area contributed by atoms with E-state index in [-0.39, 0.29) is 0 Å². The third kappa shape index (κ3) is 1.33. The zero-order chi connectivity index (χ0) is 5.98. The Bertz CT molecular complexity index is 151. The fourth-order valence-electron chi connectivity index (χ4n) is 0.395. The fourth-order valence-corrected chi connectivity index (χ4v) is 0.716. The van der Waals surface area contributed by atoms with Crippen LogP contribution in [0.1, 0.15) is 0 Å². The number of nitrogens with zero attached hydrogens (tertiary/aromatic N) is 1. The number of pyridine rings is 1. The molecule has 0 aliphatic heterocycles. The maximum atomic E-state index is 10.3. The summed E-state index contributed by atoms with van der Waals surface area (Å²) in [7, 11) is 0. The summed E-state index contributed by atoms with van der Waals surface area (Å²) < 4.78 is 1.84. The first-order valence-electron chi connectivity index (χ1n) is 2.13. The first-order chi connectivity index (χ1) is 3.79. The topological polar surface area (TPSA) is 26.9 Å². The Labute approximate surface area is 60.9 Å². The lowest BCUT2D eigenvalue weighted by molar-refractivity contribution is -0.605. The minimum Gasteiger partial charge on any atom is -0.619 e. The van der Waals surface area contributed by atoms with Crippen LogP contribution in [-0.2, 0) is 0 Å². The van der Waals surface area contributed by atoms with Crippen LogP contribution in [0.25, 0.3) is 0 Å². The van der Waals surface area contributed by atoms with E-state index in [4.69, 9.17) is 0 Å². The van der Waals surface area contributed by atoms with Crippen molar-refractivity contribution < 1.29 is 4.73 Å². The highest BCUT2D eigenvalue weighted by molar-refractivity contribution is 14.1. The van der Waals surface area contributed by atoms with Gasteiger partial charge >= 0.3 is 0 Å². The van der Waals surface area contributed by atoms with Crippen LogP contribution in [0.15, 0.2) is 24.5 Å². The number of halogens is 1. The summed E-state index contributed by atoms with van der Waals surface area (Å²) in [6.45, 7) is 0. The Morgan fingerprint density at radius 1 is 1.38 bits per heavy atom. The van der Waals surface area contributed by atoms with E-state index in [0.717, 1.165) is 8.30 Å². The molecule has 3 heteroatoms. The first-order valence-corrected chi connectivity index (χ1v) is 3.21. The lowest BCUT2D eigenvalue weighted by Gasteiger charge is -1.91. The van der Waals surface area contributed by atoms with Gasteiger partial charge in [-0.1, -0.05) is 0 Å². The lowest BCUT2D eigenvalue weighted by Crippen LogP contribution is -2.23. The van der Waals surface area contributed by atoms with Crippen LogP contribution < -0.4 is 4.73 Å². The largest absolute Gasteiger partial charge is 0.619 e. The van der Waals surface area contributed by atoms with Gasteiger partial charge in [-0.25, -0.2) is 0 Å². The zero-order valence-electron chi connectivity index (χ0n) is 4.04. The summed E-state index contributed by atoms with van der Waals surface area (Å²) in [6, 6.07) is 3.52. The van der Waals surface area contributed by atoms with Gasteiger partial charge < -0.3 is 5.21 Å². The number of rotatable bonds is 0. The van der Waals surface area contributed by atoms with Crippen LogP contribution in [0.3, 0.4) is 0 Å². The first kappa shape index (κ1) is 5.81. The van der Waals surface area contributed by atoms with E-state index < -0.39 is 0 Å². The molecule has 1 aromatic heterocycles. The molecule has 0 atom stereocenters. The van der Waals surface area contributed by atoms with E-state index >= 15 is 0 Å². The molecule has 0 saturated heterocycles. The molecular weight excluding hydrogens is 217 g/mol. The van der Waals surface area contributed by atoms with Crippen molar-refractivity contribution in [2.75, 3.05) is 0 Å². The average molecular weight is 221 g/mol. The Morgan fingerprint density at radius 3 is 2.25 bits per heavy atom. The average Bonchev–Trinajstić information content (AvgIpc) is 1.77. The lowest BCUT2D eigenvalue weighted by atomic mass is 10.5. The van der Waals surface area contributed by atoms with Gasteiger partial charge in [-0.2, -0.15) is 4.73 Å². The molecule has 0 fully saturated rings. The highest BCUT2D eigenvalue weighted by Gasteiger charge is 1.85. The van der Waals surface area contributed by atoms with Gasteiger partial charge in [0.25, 0.3) is 0 Å². The number of hydrogen-bond acceptors (Lipinski definition) is 1. The fraction of sp³-hybridized carbons (Fsp3) is 0. The predicted octanol–water partition coefficient (Wildman–Crippen LogP) is 0.925. The van der Waals surface area contributed by atoms with Gasteiger partial charge in [0, 0.05) is 15.7 Å². The molecule has 0 aliphatic carbocycles. The summed E-state index contributed by atoms with van der Waals surface area (Å²) >= 11 is 2.14. The van der Waals surface area contributed by atoms with Gasteiger partial charge in [-0.05, 0) is 22.6 Å². The minimum absolute atomic E-state index is 0.766. The molecule has 0 N–H and O–H groups in total. The minimum atomic E-state index is 0.766. The van der Waals surface area contributed by atoms with Gasteiger partial charge in [0.15, 0.2) is 12.4 Å². The van der Waals surface area contributed by atoms with Gasteiger partial charge in [-0.15, -0.1) is 0 Å². The SMILES string of the molecule is [O-][n+]1ccc(I)cc1. The third-order valence-electron chi connectivity index (χ3n) is 0.761. The van der Waals surface area contributed by atoms with Crippen molar-refractivity contribution in [3.05, 3.63) is 33.3 Å². The van der Waals surface area contributed by atoms with Crippen molar-refractivity contribution in [3.8, 4) is 0 Å². The number of hydrogen-bond donors (Lipinski definition) is 0. The van der Waals surface area contributed by atoms with Crippen molar-refractivity contribution in [2.24, 2.45) is 0 Å². The Balaban J connectivity index is 3.03. The number of aromatic nitrogens is 1. The van der Waals surface area contributed by atoms with Crippen LogP contribution in [0.2, 0.25) is 0 Å². The van der Waals surface area contributed by atoms with E-state index in [1.807, 2.05) is 0 Å². The second kappa shape index (κ2) is 2.30. The maximum Gasteiger partial charge on any atom is 0.181 e. The van der Waals surface area contributed by atoms with Gasteiger partial charge in [0.1, 0.15) is 0 Å². The maximum absolute atomic E-state index is 10.3. The molecule has 0 spiro atoms. The van der Waals surface area contributed by atoms with E-state index in [9.17, 15) is 5.21 Å². The van der Waals surface area contributed by atoms with Crippen molar-refractivity contribution in [1.82, 2.24) is 0 Å². The second-order valence-electron chi connectivity index (χ2n) is 1.38. The summed E-state index contributed by atoms with van der Waals surface area (Å²) in [5, 5.41) is 10.3. The quantitative estimate of drug-likeness (QED) is 0.363. The van der Waals surface area contributed by atoms with Crippen molar-refractivity contribution >= 4 is 22.6 Å². The zero-order valence-corrected chi connectivity index (χ0v) is 6.20. The van der Waals surface area contributed by atoms with Crippen molar-refractivity contribution in [2.45, 2.75) is 0 Å². The molecule has 0 amide bonds. The molecule has 0 radical (unpaired) electrons. The van der Waals surface area contributed by atoms with Crippen molar-refractivity contribution in [3.63, 3.8) is 0 Å². The molecule has 0 saturated carbocycles. The van der Waals surface area contributed by atoms with E-state index in [1.165, 1.54) is 12.4 Å². The smallest absolute Gasteiger partial charge is 0.181 e. The van der Waals surface area contributed by atoms with Crippen molar-refractivity contribution in [1.29, 1.82) is 0 Å². The second-order valence-corrected chi connectivity index (χ2v) is 2.62. The summed E-state index contributed by atoms with van der Waals surface area (Å²) in [5.41, 5.74) is 0. The molecule has 8 heavy (non-hydrogen) atoms. The summed E-state index contributed by atoms with van der Waals surface area (Å²) in [6.07, 6.45) is 2.95. The van der Waals surface area contributed by atoms with Gasteiger partial charge in [-0.3, -0.25) is 0 Å². The predicted molar refractivity (Wildman–Crippen MR) is 38.1 cm³/mol. The van der Waals surface area contributed by atoms with Crippen LogP contribution in [-0.4, -0.2) is 0 Å². The van der Waals surface area contributed by atoms with Crippen LogP contribution in [0.4, 0.5) is 0 Å². The van der Waals surface area contributed by atoms with E-state index in [2.05, 4.69) is 22.6 Å². The molecule has 1 aromatic rings. The molecule has 2 nitrogen and oxygen atoms in total. The molecule has 0 bridgehead atoms. The Hall–Kier alpha value is -0.320. The van der Waals surface area contributed by atoms with Crippen LogP contribution >= 0.6 is 22.6 Å². The highest BCUT2D eigenvalue weighted by Crippen LogP contribution is 1.97. The molecule has 1 heterocycles. The third-order valence-corrected chi connectivity index (χ3v) is 1.48.